The molecule has 0 aliphatic carbocycles. The molecule has 0 unspecified atom stereocenters. The molecule has 1 amide bonds. The Morgan fingerprint density at radius 2 is 2.15 bits per heavy atom. The highest BCUT2D eigenvalue weighted by atomic mass is 16.6. The molecular formula is C18H17N3O6. The van der Waals surface area contributed by atoms with Crippen LogP contribution in [-0.2, 0) is 9.53 Å². The fourth-order valence-corrected chi connectivity index (χ4v) is 2.23. The number of hydrogen-bond acceptors (Lipinski definition) is 7. The molecule has 0 spiro atoms. The first kappa shape index (κ1) is 19.7. The van der Waals surface area contributed by atoms with E-state index in [2.05, 4.69) is 5.32 Å². The van der Waals surface area contributed by atoms with Crippen molar-refractivity contribution in [1.29, 1.82) is 5.26 Å². The van der Waals surface area contributed by atoms with Gasteiger partial charge in [-0.25, -0.2) is 0 Å². The molecule has 0 aliphatic heterocycles. The quantitative estimate of drug-likeness (QED) is 0.248. The molecule has 0 atom stereocenters. The molecule has 1 aromatic carbocycles. The standard InChI is InChI=1S/C18H17N3O6/c1-25-8-7-20-18(22)12(11-19)9-14-4-6-17(27-14)15-5-3-13(26-2)10-16(15)21(23)24/h3-6,9-10H,7-8H2,1-2H3,(H,20,22)/b12-9+. The lowest BCUT2D eigenvalue weighted by Gasteiger charge is -2.03. The van der Waals surface area contributed by atoms with Gasteiger partial charge in [0.2, 0.25) is 0 Å². The minimum absolute atomic E-state index is 0.156. The maximum absolute atomic E-state index is 11.9. The minimum Gasteiger partial charge on any atom is -0.497 e. The summed E-state index contributed by atoms with van der Waals surface area (Å²) in [4.78, 5) is 22.7. The lowest BCUT2D eigenvalue weighted by Crippen LogP contribution is -2.27. The third-order valence-electron chi connectivity index (χ3n) is 3.54. The Labute approximate surface area is 154 Å². The molecule has 0 radical (unpaired) electrons. The Hall–Kier alpha value is -3.64. The summed E-state index contributed by atoms with van der Waals surface area (Å²) in [5.74, 6) is 0.223. The van der Waals surface area contributed by atoms with Crippen LogP contribution in [0, 0.1) is 21.4 Å². The largest absolute Gasteiger partial charge is 0.497 e. The Morgan fingerprint density at radius 3 is 2.78 bits per heavy atom. The van der Waals surface area contributed by atoms with Crippen molar-refractivity contribution < 1.29 is 23.6 Å². The van der Waals surface area contributed by atoms with Gasteiger partial charge in [-0.05, 0) is 24.3 Å². The van der Waals surface area contributed by atoms with Crippen molar-refractivity contribution in [2.24, 2.45) is 0 Å². The molecule has 1 aromatic heterocycles. The van der Waals surface area contributed by atoms with Gasteiger partial charge in [-0.3, -0.25) is 14.9 Å². The molecule has 0 aliphatic rings. The Bertz CT molecular complexity index is 910. The summed E-state index contributed by atoms with van der Waals surface area (Å²) in [6, 6.07) is 9.21. The lowest BCUT2D eigenvalue weighted by atomic mass is 10.1. The maximum atomic E-state index is 11.9. The van der Waals surface area contributed by atoms with Gasteiger partial charge in [-0.15, -0.1) is 0 Å². The van der Waals surface area contributed by atoms with E-state index >= 15 is 0 Å². The van der Waals surface area contributed by atoms with Crippen molar-refractivity contribution in [2.45, 2.75) is 0 Å². The highest BCUT2D eigenvalue weighted by Gasteiger charge is 2.19. The first-order chi connectivity index (χ1) is 13.0. The van der Waals surface area contributed by atoms with E-state index in [0.717, 1.165) is 0 Å². The Kier molecular flexibility index (Phi) is 6.68. The molecule has 140 valence electrons. The van der Waals surface area contributed by atoms with Gasteiger partial charge in [0.15, 0.2) is 0 Å². The molecule has 0 saturated carbocycles. The molecule has 0 fully saturated rings. The Balaban J connectivity index is 2.30. The number of nitro benzene ring substituents is 1. The first-order valence-electron chi connectivity index (χ1n) is 7.81. The van der Waals surface area contributed by atoms with E-state index < -0.39 is 10.8 Å². The van der Waals surface area contributed by atoms with Crippen molar-refractivity contribution in [1.82, 2.24) is 5.32 Å². The molecule has 0 bridgehead atoms. The van der Waals surface area contributed by atoms with Crippen LogP contribution in [0.25, 0.3) is 17.4 Å². The number of amides is 1. The zero-order valence-corrected chi connectivity index (χ0v) is 14.7. The molecule has 1 N–H and O–H groups in total. The van der Waals surface area contributed by atoms with Crippen molar-refractivity contribution in [3.63, 3.8) is 0 Å². The monoisotopic (exact) mass is 371 g/mol. The lowest BCUT2D eigenvalue weighted by molar-refractivity contribution is -0.384. The number of hydrogen-bond donors (Lipinski definition) is 1. The zero-order chi connectivity index (χ0) is 19.8. The SMILES string of the molecule is COCCNC(=O)/C(C#N)=C/c1ccc(-c2ccc(OC)cc2[N+](=O)[O-])o1. The van der Waals surface area contributed by atoms with Gasteiger partial charge in [0.25, 0.3) is 11.6 Å². The molecule has 27 heavy (non-hydrogen) atoms. The summed E-state index contributed by atoms with van der Waals surface area (Å²) in [6.07, 6.45) is 1.26. The van der Waals surface area contributed by atoms with Crippen LogP contribution < -0.4 is 10.1 Å². The van der Waals surface area contributed by atoms with Crippen LogP contribution in [0.3, 0.4) is 0 Å². The molecule has 9 heteroatoms. The first-order valence-corrected chi connectivity index (χ1v) is 7.81. The second kappa shape index (κ2) is 9.17. The number of methoxy groups -OCH3 is 2. The highest BCUT2D eigenvalue weighted by Crippen LogP contribution is 2.34. The van der Waals surface area contributed by atoms with Gasteiger partial charge in [0.05, 0.1) is 30.3 Å². The predicted molar refractivity (Wildman–Crippen MR) is 95.8 cm³/mol. The summed E-state index contributed by atoms with van der Waals surface area (Å²) in [5.41, 5.74) is -0.0863. The number of nitriles is 1. The second-order valence-electron chi connectivity index (χ2n) is 5.26. The molecule has 1 heterocycles. The van der Waals surface area contributed by atoms with Crippen LogP contribution in [0.1, 0.15) is 5.76 Å². The average molecular weight is 371 g/mol. The number of nitrogens with one attached hydrogen (secondary N) is 1. The maximum Gasteiger partial charge on any atom is 0.284 e. The van der Waals surface area contributed by atoms with Crippen LogP contribution in [0.15, 0.2) is 40.3 Å². The number of carbonyl (C=O) groups is 1. The summed E-state index contributed by atoms with van der Waals surface area (Å²) in [7, 11) is 2.91. The van der Waals surface area contributed by atoms with Gasteiger partial charge < -0.3 is 19.2 Å². The van der Waals surface area contributed by atoms with Gasteiger partial charge in [-0.2, -0.15) is 5.26 Å². The topological polar surface area (TPSA) is 128 Å². The smallest absolute Gasteiger partial charge is 0.284 e. The van der Waals surface area contributed by atoms with Crippen molar-refractivity contribution >= 4 is 17.7 Å². The number of nitrogens with zero attached hydrogens (tertiary/aromatic N) is 2. The molecule has 9 nitrogen and oxygen atoms in total. The summed E-state index contributed by atoms with van der Waals surface area (Å²) >= 11 is 0. The molecule has 0 saturated heterocycles. The van der Waals surface area contributed by atoms with Crippen LogP contribution in [-0.4, -0.2) is 38.2 Å². The summed E-state index contributed by atoms with van der Waals surface area (Å²) < 4.78 is 15.4. The number of furan rings is 1. The molecular weight excluding hydrogens is 354 g/mol. The second-order valence-corrected chi connectivity index (χ2v) is 5.26. The Morgan fingerprint density at radius 1 is 1.37 bits per heavy atom. The van der Waals surface area contributed by atoms with Gasteiger partial charge >= 0.3 is 0 Å². The summed E-state index contributed by atoms with van der Waals surface area (Å²) in [6.45, 7) is 0.576. The molecule has 2 rings (SSSR count). The minimum atomic E-state index is -0.567. The number of benzene rings is 1. The third kappa shape index (κ3) is 4.93. The van der Waals surface area contributed by atoms with Gasteiger partial charge in [0, 0.05) is 19.7 Å². The fraction of sp³-hybridized carbons (Fsp3) is 0.222. The molecule has 2 aromatic rings. The number of nitro groups is 1. The van der Waals surface area contributed by atoms with Crippen LogP contribution in [0.5, 0.6) is 5.75 Å². The van der Waals surface area contributed by atoms with Crippen LogP contribution >= 0.6 is 0 Å². The summed E-state index contributed by atoms with van der Waals surface area (Å²) in [5, 5.41) is 23.0. The number of carbonyl (C=O) groups excluding carboxylic acids is 1. The average Bonchev–Trinajstić information content (AvgIpc) is 3.14. The third-order valence-corrected chi connectivity index (χ3v) is 3.54. The van der Waals surface area contributed by atoms with Crippen LogP contribution in [0.4, 0.5) is 5.69 Å². The zero-order valence-electron chi connectivity index (χ0n) is 14.7. The van der Waals surface area contributed by atoms with Gasteiger partial charge in [0.1, 0.15) is 28.9 Å². The van der Waals surface area contributed by atoms with Crippen LogP contribution in [0.2, 0.25) is 0 Å². The van der Waals surface area contributed by atoms with Gasteiger partial charge in [-0.1, -0.05) is 0 Å². The van der Waals surface area contributed by atoms with E-state index in [1.807, 2.05) is 0 Å². The predicted octanol–water partition coefficient (Wildman–Crippen LogP) is 2.53. The number of ether oxygens (including phenoxy) is 2. The van der Waals surface area contributed by atoms with E-state index in [4.69, 9.17) is 19.2 Å². The number of rotatable bonds is 8. The normalized spacial score (nSPS) is 10.9. The van der Waals surface area contributed by atoms with Crippen molar-refractivity contribution in [3.8, 4) is 23.1 Å². The van der Waals surface area contributed by atoms with Crippen molar-refractivity contribution in [3.05, 3.63) is 51.8 Å². The van der Waals surface area contributed by atoms with E-state index in [-0.39, 0.29) is 34.9 Å². The van der Waals surface area contributed by atoms with E-state index in [1.54, 1.807) is 12.1 Å². The fourth-order valence-electron chi connectivity index (χ4n) is 2.23. The van der Waals surface area contributed by atoms with E-state index in [9.17, 15) is 14.9 Å². The van der Waals surface area contributed by atoms with E-state index in [1.165, 1.54) is 44.6 Å². The van der Waals surface area contributed by atoms with E-state index in [0.29, 0.717) is 12.4 Å². The van der Waals surface area contributed by atoms with Crippen molar-refractivity contribution in [2.75, 3.05) is 27.4 Å². The highest BCUT2D eigenvalue weighted by molar-refractivity contribution is 6.01.